The lowest BCUT2D eigenvalue weighted by Gasteiger charge is -2.06. The van der Waals surface area contributed by atoms with Crippen LogP contribution in [0.3, 0.4) is 0 Å². The molecule has 3 aromatic rings. The fraction of sp³-hybridized carbons (Fsp3) is 0.286. The van der Waals surface area contributed by atoms with E-state index < -0.39 is 0 Å². The lowest BCUT2D eigenvalue weighted by Crippen LogP contribution is -2.43. The van der Waals surface area contributed by atoms with Crippen LogP contribution in [0.4, 0.5) is 0 Å². The van der Waals surface area contributed by atoms with Crippen LogP contribution in [0.1, 0.15) is 16.7 Å². The average Bonchev–Trinajstić information content (AvgIpc) is 2.54. The van der Waals surface area contributed by atoms with Crippen molar-refractivity contribution in [3.8, 4) is 22.8 Å². The van der Waals surface area contributed by atoms with Gasteiger partial charge in [-0.15, -0.1) is 0 Å². The molecule has 0 bridgehead atoms. The van der Waals surface area contributed by atoms with E-state index in [9.17, 15) is 0 Å². The van der Waals surface area contributed by atoms with Gasteiger partial charge in [0, 0.05) is 36.4 Å². The Kier molecular flexibility index (Phi) is 4.18. The summed E-state index contributed by atoms with van der Waals surface area (Å²) in [5.74, 6) is 0. The molecule has 0 N–H and O–H groups in total. The van der Waals surface area contributed by atoms with E-state index in [0.717, 1.165) is 0 Å². The van der Waals surface area contributed by atoms with Crippen LogP contribution in [0.2, 0.25) is 0 Å². The maximum Gasteiger partial charge on any atom is 0.278 e. The summed E-state index contributed by atoms with van der Waals surface area (Å²) in [5, 5.41) is 0. The van der Waals surface area contributed by atoms with Crippen molar-refractivity contribution >= 4 is 0 Å². The minimum Gasteiger partial charge on any atom is -0.196 e. The maximum atomic E-state index is 2.29. The van der Waals surface area contributed by atoms with Crippen molar-refractivity contribution in [2.75, 3.05) is 0 Å². The fourth-order valence-corrected chi connectivity index (χ4v) is 3.15. The van der Waals surface area contributed by atoms with Crippen LogP contribution in [0.15, 0.2) is 48.8 Å². The SMILES string of the molecule is Cc1cc[n+](C)c(-c2cc(C)cc(-c3cc(C)cc[n+]3C)[n+]2C)c1. The molecule has 0 saturated carbocycles. The highest BCUT2D eigenvalue weighted by Crippen LogP contribution is 2.20. The van der Waals surface area contributed by atoms with Crippen LogP contribution in [0.5, 0.6) is 0 Å². The molecule has 0 aromatic carbocycles. The molecule has 0 amide bonds. The Balaban J connectivity index is 2.30. The number of nitrogens with zero attached hydrogens (tertiary/aromatic N) is 3. The van der Waals surface area contributed by atoms with E-state index in [1.807, 2.05) is 0 Å². The van der Waals surface area contributed by atoms with Crippen molar-refractivity contribution in [2.24, 2.45) is 21.1 Å². The Bertz CT molecular complexity index is 854. The average molecular weight is 320 g/mol. The minimum absolute atomic E-state index is 1.22. The molecule has 0 saturated heterocycles. The summed E-state index contributed by atoms with van der Waals surface area (Å²) in [5.41, 5.74) is 8.69. The first-order valence-electron chi connectivity index (χ1n) is 8.31. The van der Waals surface area contributed by atoms with Crippen molar-refractivity contribution in [1.82, 2.24) is 0 Å². The highest BCUT2D eigenvalue weighted by molar-refractivity contribution is 5.55. The number of aryl methyl sites for hydroxylation is 5. The molecular weight excluding hydrogens is 294 g/mol. The van der Waals surface area contributed by atoms with E-state index in [2.05, 4.69) is 104 Å². The number of aromatic nitrogens is 3. The normalized spacial score (nSPS) is 10.9. The highest BCUT2D eigenvalue weighted by atomic mass is 15.0. The van der Waals surface area contributed by atoms with Gasteiger partial charge in [-0.25, -0.2) is 0 Å². The van der Waals surface area contributed by atoms with Crippen LogP contribution >= 0.6 is 0 Å². The summed E-state index contributed by atoms with van der Waals surface area (Å²) in [6, 6.07) is 13.3. The van der Waals surface area contributed by atoms with Crippen molar-refractivity contribution < 1.29 is 13.7 Å². The summed E-state index contributed by atoms with van der Waals surface area (Å²) in [7, 11) is 6.35. The van der Waals surface area contributed by atoms with Crippen molar-refractivity contribution in [3.05, 3.63) is 65.5 Å². The zero-order valence-electron chi connectivity index (χ0n) is 15.5. The molecular formula is C21H26N3+3. The molecule has 24 heavy (non-hydrogen) atoms. The third kappa shape index (κ3) is 2.94. The summed E-state index contributed by atoms with van der Waals surface area (Å²) in [6.45, 7) is 6.44. The molecule has 3 nitrogen and oxygen atoms in total. The van der Waals surface area contributed by atoms with E-state index in [1.165, 1.54) is 39.5 Å². The lowest BCUT2D eigenvalue weighted by atomic mass is 10.1. The Morgan fingerprint density at radius 1 is 0.542 bits per heavy atom. The van der Waals surface area contributed by atoms with Gasteiger partial charge in [0.25, 0.3) is 22.8 Å². The minimum atomic E-state index is 1.22. The second-order valence-corrected chi connectivity index (χ2v) is 6.76. The zero-order chi connectivity index (χ0) is 17.4. The molecule has 0 fully saturated rings. The lowest BCUT2D eigenvalue weighted by molar-refractivity contribution is -0.697. The molecule has 0 unspecified atom stereocenters. The second-order valence-electron chi connectivity index (χ2n) is 6.76. The van der Waals surface area contributed by atoms with Gasteiger partial charge in [-0.3, -0.25) is 0 Å². The van der Waals surface area contributed by atoms with Gasteiger partial charge in [-0.1, -0.05) is 0 Å². The fourth-order valence-electron chi connectivity index (χ4n) is 3.15. The molecule has 3 aromatic heterocycles. The second kappa shape index (κ2) is 6.16. The molecule has 3 heteroatoms. The Morgan fingerprint density at radius 3 is 1.33 bits per heavy atom. The molecule has 0 spiro atoms. The van der Waals surface area contributed by atoms with Crippen LogP contribution in [-0.4, -0.2) is 0 Å². The van der Waals surface area contributed by atoms with Gasteiger partial charge in [-0.2, -0.15) is 13.7 Å². The molecule has 122 valence electrons. The molecule has 0 aliphatic carbocycles. The first-order valence-corrected chi connectivity index (χ1v) is 8.31. The molecule has 0 aliphatic rings. The maximum absolute atomic E-state index is 2.29. The van der Waals surface area contributed by atoms with E-state index in [1.54, 1.807) is 0 Å². The molecule has 3 heterocycles. The van der Waals surface area contributed by atoms with Gasteiger partial charge < -0.3 is 0 Å². The van der Waals surface area contributed by atoms with Gasteiger partial charge in [0.05, 0.1) is 0 Å². The quantitative estimate of drug-likeness (QED) is 0.643. The van der Waals surface area contributed by atoms with E-state index in [-0.39, 0.29) is 0 Å². The Labute approximate surface area is 144 Å². The molecule has 0 radical (unpaired) electrons. The molecule has 0 aliphatic heterocycles. The van der Waals surface area contributed by atoms with Crippen LogP contribution < -0.4 is 13.7 Å². The van der Waals surface area contributed by atoms with Crippen LogP contribution in [0.25, 0.3) is 22.8 Å². The number of hydrogen-bond donors (Lipinski definition) is 0. The van der Waals surface area contributed by atoms with Gasteiger partial charge in [0.1, 0.15) is 21.1 Å². The number of hydrogen-bond acceptors (Lipinski definition) is 0. The van der Waals surface area contributed by atoms with Crippen LogP contribution in [0, 0.1) is 20.8 Å². The number of pyridine rings is 3. The van der Waals surface area contributed by atoms with Gasteiger partial charge >= 0.3 is 0 Å². The van der Waals surface area contributed by atoms with Crippen molar-refractivity contribution in [1.29, 1.82) is 0 Å². The predicted molar refractivity (Wildman–Crippen MR) is 95.1 cm³/mol. The van der Waals surface area contributed by atoms with Crippen molar-refractivity contribution in [3.63, 3.8) is 0 Å². The summed E-state index contributed by atoms with van der Waals surface area (Å²) >= 11 is 0. The summed E-state index contributed by atoms with van der Waals surface area (Å²) in [4.78, 5) is 0. The van der Waals surface area contributed by atoms with E-state index in [4.69, 9.17) is 0 Å². The van der Waals surface area contributed by atoms with Crippen LogP contribution in [-0.2, 0) is 21.1 Å². The van der Waals surface area contributed by atoms with E-state index in [0.29, 0.717) is 0 Å². The smallest absolute Gasteiger partial charge is 0.196 e. The Hall–Kier alpha value is -2.55. The van der Waals surface area contributed by atoms with Gasteiger partial charge in [0.15, 0.2) is 12.4 Å². The van der Waals surface area contributed by atoms with Gasteiger partial charge in [-0.05, 0) is 37.5 Å². The number of rotatable bonds is 2. The van der Waals surface area contributed by atoms with Crippen molar-refractivity contribution in [2.45, 2.75) is 20.8 Å². The van der Waals surface area contributed by atoms with Gasteiger partial charge in [0.2, 0.25) is 0 Å². The zero-order valence-corrected chi connectivity index (χ0v) is 15.5. The third-order valence-electron chi connectivity index (χ3n) is 4.59. The monoisotopic (exact) mass is 320 g/mol. The highest BCUT2D eigenvalue weighted by Gasteiger charge is 2.27. The largest absolute Gasteiger partial charge is 0.278 e. The Morgan fingerprint density at radius 2 is 0.917 bits per heavy atom. The first-order chi connectivity index (χ1) is 11.4. The summed E-state index contributed by atoms with van der Waals surface area (Å²) in [6.07, 6.45) is 4.25. The molecule has 3 rings (SSSR count). The molecule has 0 atom stereocenters. The summed E-state index contributed by atoms with van der Waals surface area (Å²) < 4.78 is 6.65. The standard InChI is InChI=1S/C21H26N3/c1-15-7-9-22(4)18(11-15)20-13-17(3)14-21(24(20)6)19-12-16(2)8-10-23(19)5/h7-14H,1-6H3/q+3. The van der Waals surface area contributed by atoms with E-state index >= 15 is 0 Å². The third-order valence-corrected chi connectivity index (χ3v) is 4.59. The predicted octanol–water partition coefficient (Wildman–Crippen LogP) is 2.42. The first kappa shape index (κ1) is 16.3. The topological polar surface area (TPSA) is 11.6 Å².